The molecule has 0 spiro atoms. The van der Waals surface area contributed by atoms with E-state index >= 15 is 0 Å². The van der Waals surface area contributed by atoms with E-state index in [1.54, 1.807) is 24.3 Å². The van der Waals surface area contributed by atoms with Crippen LogP contribution in [0, 0.1) is 20.8 Å². The number of nitrogens with one attached hydrogen (secondary N) is 2. The molecule has 3 aromatic rings. The van der Waals surface area contributed by atoms with Crippen LogP contribution in [0.2, 0.25) is 0 Å². The molecule has 0 unspecified atom stereocenters. The van der Waals surface area contributed by atoms with Gasteiger partial charge in [-0.05, 0) is 68.3 Å². The van der Waals surface area contributed by atoms with E-state index in [9.17, 15) is 4.79 Å². The fourth-order valence-corrected chi connectivity index (χ4v) is 2.85. The molecule has 0 atom stereocenters. The Morgan fingerprint density at radius 3 is 1.93 bits per heavy atom. The first-order valence-corrected chi connectivity index (χ1v) is 8.59. The second kappa shape index (κ2) is 7.86. The number of esters is 1. The van der Waals surface area contributed by atoms with Gasteiger partial charge in [0.05, 0.1) is 12.7 Å². The number of methoxy groups -OCH3 is 1. The monoisotopic (exact) mass is 362 g/mol. The third-order valence-electron chi connectivity index (χ3n) is 3.91. The lowest BCUT2D eigenvalue weighted by atomic mass is 10.1. The standard InChI is InChI=1S/C21H22N4O2/c1-13-9-14(2)11-18(10-13)25-20-12-19(22-15(3)23-20)24-17-7-5-16(6-8-17)21(26)27-4/h5-12H,1-4H3,(H2,22,23,24,25). The largest absolute Gasteiger partial charge is 0.465 e. The molecule has 0 fully saturated rings. The molecule has 0 saturated carbocycles. The summed E-state index contributed by atoms with van der Waals surface area (Å²) in [5, 5.41) is 6.57. The van der Waals surface area contributed by atoms with E-state index in [1.165, 1.54) is 18.2 Å². The molecular formula is C21H22N4O2. The molecule has 0 aliphatic rings. The molecule has 3 rings (SSSR count). The van der Waals surface area contributed by atoms with Gasteiger partial charge in [0.25, 0.3) is 0 Å². The number of hydrogen-bond donors (Lipinski definition) is 2. The van der Waals surface area contributed by atoms with Gasteiger partial charge in [-0.1, -0.05) is 6.07 Å². The van der Waals surface area contributed by atoms with Crippen molar-refractivity contribution in [2.24, 2.45) is 0 Å². The number of nitrogens with zero attached hydrogens (tertiary/aromatic N) is 2. The van der Waals surface area contributed by atoms with E-state index in [0.717, 1.165) is 11.4 Å². The van der Waals surface area contributed by atoms with Gasteiger partial charge in [-0.25, -0.2) is 14.8 Å². The Balaban J connectivity index is 1.79. The van der Waals surface area contributed by atoms with E-state index in [1.807, 2.05) is 13.0 Å². The van der Waals surface area contributed by atoms with Crippen LogP contribution in [0.15, 0.2) is 48.5 Å². The Hall–Kier alpha value is -3.41. The molecule has 0 saturated heterocycles. The molecule has 2 aromatic carbocycles. The molecule has 138 valence electrons. The van der Waals surface area contributed by atoms with E-state index < -0.39 is 0 Å². The van der Waals surface area contributed by atoms with Crippen LogP contribution in [-0.2, 0) is 4.74 Å². The molecule has 0 aliphatic heterocycles. The van der Waals surface area contributed by atoms with Crippen LogP contribution in [0.25, 0.3) is 0 Å². The highest BCUT2D eigenvalue weighted by atomic mass is 16.5. The zero-order valence-corrected chi connectivity index (χ0v) is 15.8. The smallest absolute Gasteiger partial charge is 0.337 e. The van der Waals surface area contributed by atoms with Gasteiger partial charge in [-0.2, -0.15) is 0 Å². The van der Waals surface area contributed by atoms with Crippen molar-refractivity contribution in [3.05, 3.63) is 71.0 Å². The number of aryl methyl sites for hydroxylation is 3. The first-order valence-electron chi connectivity index (χ1n) is 8.59. The average Bonchev–Trinajstić information content (AvgIpc) is 2.60. The number of aromatic nitrogens is 2. The van der Waals surface area contributed by atoms with E-state index in [-0.39, 0.29) is 5.97 Å². The summed E-state index contributed by atoms with van der Waals surface area (Å²) >= 11 is 0. The van der Waals surface area contributed by atoms with Gasteiger partial charge in [-0.3, -0.25) is 0 Å². The number of ether oxygens (including phenoxy) is 1. The van der Waals surface area contributed by atoms with Crippen molar-refractivity contribution in [2.45, 2.75) is 20.8 Å². The third-order valence-corrected chi connectivity index (χ3v) is 3.91. The highest BCUT2D eigenvalue weighted by Gasteiger charge is 2.07. The second-order valence-electron chi connectivity index (χ2n) is 6.38. The topological polar surface area (TPSA) is 76.1 Å². The molecule has 0 radical (unpaired) electrons. The fourth-order valence-electron chi connectivity index (χ4n) is 2.85. The number of anilines is 4. The van der Waals surface area contributed by atoms with Gasteiger partial charge in [0.2, 0.25) is 0 Å². The predicted molar refractivity (Wildman–Crippen MR) is 107 cm³/mol. The van der Waals surface area contributed by atoms with Crippen molar-refractivity contribution in [1.29, 1.82) is 0 Å². The summed E-state index contributed by atoms with van der Waals surface area (Å²) in [5.41, 5.74) is 4.68. The van der Waals surface area contributed by atoms with Crippen molar-refractivity contribution >= 4 is 29.0 Å². The third kappa shape index (κ3) is 4.82. The lowest BCUT2D eigenvalue weighted by Crippen LogP contribution is -2.03. The molecule has 27 heavy (non-hydrogen) atoms. The summed E-state index contributed by atoms with van der Waals surface area (Å²) in [7, 11) is 1.36. The molecule has 6 nitrogen and oxygen atoms in total. The minimum Gasteiger partial charge on any atom is -0.465 e. The highest BCUT2D eigenvalue weighted by molar-refractivity contribution is 5.89. The zero-order valence-electron chi connectivity index (χ0n) is 15.8. The van der Waals surface area contributed by atoms with Crippen LogP contribution in [-0.4, -0.2) is 23.0 Å². The highest BCUT2D eigenvalue weighted by Crippen LogP contribution is 2.22. The van der Waals surface area contributed by atoms with Crippen molar-refractivity contribution in [3.8, 4) is 0 Å². The van der Waals surface area contributed by atoms with E-state index in [2.05, 4.69) is 52.6 Å². The van der Waals surface area contributed by atoms with Crippen molar-refractivity contribution in [1.82, 2.24) is 9.97 Å². The van der Waals surface area contributed by atoms with Crippen LogP contribution >= 0.6 is 0 Å². The van der Waals surface area contributed by atoms with E-state index in [0.29, 0.717) is 23.0 Å². The van der Waals surface area contributed by atoms with Crippen LogP contribution in [0.5, 0.6) is 0 Å². The summed E-state index contributed by atoms with van der Waals surface area (Å²) in [6.45, 7) is 5.97. The van der Waals surface area contributed by atoms with E-state index in [4.69, 9.17) is 4.74 Å². The normalized spacial score (nSPS) is 10.4. The Bertz CT molecular complexity index is 948. The number of rotatable bonds is 5. The Morgan fingerprint density at radius 2 is 1.37 bits per heavy atom. The SMILES string of the molecule is COC(=O)c1ccc(Nc2cc(Nc3cc(C)cc(C)c3)nc(C)n2)cc1. The minimum absolute atomic E-state index is 0.362. The average molecular weight is 362 g/mol. The van der Waals surface area contributed by atoms with Crippen molar-refractivity contribution in [2.75, 3.05) is 17.7 Å². The van der Waals surface area contributed by atoms with Crippen LogP contribution in [0.4, 0.5) is 23.0 Å². The number of carbonyl (C=O) groups excluding carboxylic acids is 1. The lowest BCUT2D eigenvalue weighted by molar-refractivity contribution is 0.0601. The van der Waals surface area contributed by atoms with Gasteiger partial charge in [-0.15, -0.1) is 0 Å². The first-order chi connectivity index (χ1) is 12.9. The summed E-state index contributed by atoms with van der Waals surface area (Å²) < 4.78 is 4.71. The Labute approximate surface area is 158 Å². The molecule has 6 heteroatoms. The number of hydrogen-bond acceptors (Lipinski definition) is 6. The zero-order chi connectivity index (χ0) is 19.4. The fraction of sp³-hybridized carbons (Fsp3) is 0.190. The lowest BCUT2D eigenvalue weighted by Gasteiger charge is -2.11. The van der Waals surface area contributed by atoms with Gasteiger partial charge in [0.15, 0.2) is 0 Å². The van der Waals surface area contributed by atoms with Gasteiger partial charge < -0.3 is 15.4 Å². The second-order valence-corrected chi connectivity index (χ2v) is 6.38. The molecule has 1 heterocycles. The van der Waals surface area contributed by atoms with Crippen molar-refractivity contribution < 1.29 is 9.53 Å². The van der Waals surface area contributed by atoms with Gasteiger partial charge in [0.1, 0.15) is 17.5 Å². The summed E-state index contributed by atoms with van der Waals surface area (Å²) in [5.74, 6) is 1.67. The van der Waals surface area contributed by atoms with Crippen LogP contribution in [0.3, 0.4) is 0 Å². The molecule has 2 N–H and O–H groups in total. The molecule has 1 aromatic heterocycles. The predicted octanol–water partition coefficient (Wildman–Crippen LogP) is 4.68. The van der Waals surface area contributed by atoms with Gasteiger partial charge >= 0.3 is 5.97 Å². The Morgan fingerprint density at radius 1 is 0.815 bits per heavy atom. The van der Waals surface area contributed by atoms with Crippen LogP contribution < -0.4 is 10.6 Å². The molecule has 0 aliphatic carbocycles. The maximum absolute atomic E-state index is 11.5. The maximum Gasteiger partial charge on any atom is 0.337 e. The summed E-state index contributed by atoms with van der Waals surface area (Å²) in [6, 6.07) is 15.1. The van der Waals surface area contributed by atoms with Crippen molar-refractivity contribution in [3.63, 3.8) is 0 Å². The molecule has 0 amide bonds. The van der Waals surface area contributed by atoms with Crippen LogP contribution in [0.1, 0.15) is 27.3 Å². The molecule has 0 bridgehead atoms. The Kier molecular flexibility index (Phi) is 5.35. The minimum atomic E-state index is -0.362. The molecular weight excluding hydrogens is 340 g/mol. The summed E-state index contributed by atoms with van der Waals surface area (Å²) in [4.78, 5) is 20.4. The maximum atomic E-state index is 11.5. The first kappa shape index (κ1) is 18.4. The quantitative estimate of drug-likeness (QED) is 0.642. The number of carbonyl (C=O) groups is 1. The summed E-state index contributed by atoms with van der Waals surface area (Å²) in [6.07, 6.45) is 0. The number of benzene rings is 2. The van der Waals surface area contributed by atoms with Gasteiger partial charge in [0, 0.05) is 17.4 Å².